The van der Waals surface area contributed by atoms with E-state index in [1.54, 1.807) is 18.2 Å². The molecule has 128 valence electrons. The molecule has 1 unspecified atom stereocenters. The fourth-order valence-corrected chi connectivity index (χ4v) is 3.33. The van der Waals surface area contributed by atoms with Crippen LogP contribution in [0.4, 0.5) is 4.39 Å². The Morgan fingerprint density at radius 1 is 1.21 bits per heavy atom. The van der Waals surface area contributed by atoms with E-state index >= 15 is 0 Å². The summed E-state index contributed by atoms with van der Waals surface area (Å²) in [5, 5.41) is 0. The van der Waals surface area contributed by atoms with Crippen LogP contribution in [0, 0.1) is 17.2 Å². The van der Waals surface area contributed by atoms with Crippen molar-refractivity contribution in [2.24, 2.45) is 11.3 Å². The Bertz CT molecular complexity index is 672. The SMILES string of the molecule is C=CC1CC(C(=O)OC)(C(=O)OC)C/C1=C(\C)c1ccc(F)cc1. The maximum atomic E-state index is 13.1. The molecule has 0 radical (unpaired) electrons. The summed E-state index contributed by atoms with van der Waals surface area (Å²) >= 11 is 0. The number of halogens is 1. The van der Waals surface area contributed by atoms with Crippen LogP contribution in [0.2, 0.25) is 0 Å². The number of allylic oxidation sites excluding steroid dienone is 3. The van der Waals surface area contributed by atoms with Crippen molar-refractivity contribution < 1.29 is 23.5 Å². The first-order valence-electron chi connectivity index (χ1n) is 7.64. The standard InChI is InChI=1S/C19H21FO4/c1-5-13-10-19(17(21)23-3,18(22)24-4)11-16(13)12(2)14-6-8-15(20)9-7-14/h5-9,13H,1,10-11H2,2-4H3/b16-12-. The van der Waals surface area contributed by atoms with Gasteiger partial charge in [-0.3, -0.25) is 9.59 Å². The largest absolute Gasteiger partial charge is 0.468 e. The van der Waals surface area contributed by atoms with Gasteiger partial charge in [0.2, 0.25) is 0 Å². The number of rotatable bonds is 4. The smallest absolute Gasteiger partial charge is 0.323 e. The van der Waals surface area contributed by atoms with E-state index in [0.717, 1.165) is 16.7 Å². The molecule has 1 aromatic rings. The molecule has 0 aliphatic heterocycles. The van der Waals surface area contributed by atoms with Gasteiger partial charge in [0, 0.05) is 0 Å². The first-order chi connectivity index (χ1) is 11.4. The van der Waals surface area contributed by atoms with Gasteiger partial charge in [0.1, 0.15) is 5.82 Å². The Kier molecular flexibility index (Phi) is 5.22. The molecular weight excluding hydrogens is 311 g/mol. The number of benzene rings is 1. The van der Waals surface area contributed by atoms with E-state index in [1.807, 2.05) is 6.92 Å². The average Bonchev–Trinajstić information content (AvgIpc) is 3.01. The van der Waals surface area contributed by atoms with Gasteiger partial charge in [0.15, 0.2) is 5.41 Å². The molecule has 5 heteroatoms. The number of carbonyl (C=O) groups is 2. The maximum absolute atomic E-state index is 13.1. The summed E-state index contributed by atoms with van der Waals surface area (Å²) in [5.41, 5.74) is 1.28. The molecule has 2 rings (SSSR count). The fourth-order valence-electron chi connectivity index (χ4n) is 3.33. The third kappa shape index (κ3) is 2.98. The Morgan fingerprint density at radius 3 is 2.21 bits per heavy atom. The molecule has 1 atom stereocenters. The van der Waals surface area contributed by atoms with E-state index in [9.17, 15) is 14.0 Å². The third-order valence-corrected chi connectivity index (χ3v) is 4.70. The highest BCUT2D eigenvalue weighted by Crippen LogP contribution is 2.50. The first-order valence-corrected chi connectivity index (χ1v) is 7.64. The Labute approximate surface area is 141 Å². The van der Waals surface area contributed by atoms with Crippen molar-refractivity contribution in [3.05, 3.63) is 53.9 Å². The highest BCUT2D eigenvalue weighted by atomic mass is 19.1. The lowest BCUT2D eigenvalue weighted by Gasteiger charge is -2.22. The van der Waals surface area contributed by atoms with Gasteiger partial charge in [-0.2, -0.15) is 0 Å². The van der Waals surface area contributed by atoms with Gasteiger partial charge in [0.25, 0.3) is 0 Å². The molecule has 1 aliphatic carbocycles. The molecule has 0 saturated heterocycles. The molecular formula is C19H21FO4. The van der Waals surface area contributed by atoms with Gasteiger partial charge in [-0.25, -0.2) is 4.39 Å². The van der Waals surface area contributed by atoms with E-state index in [4.69, 9.17) is 9.47 Å². The molecule has 0 amide bonds. The minimum absolute atomic E-state index is 0.159. The van der Waals surface area contributed by atoms with Crippen molar-refractivity contribution in [2.75, 3.05) is 14.2 Å². The second kappa shape index (κ2) is 6.99. The monoisotopic (exact) mass is 332 g/mol. The first kappa shape index (κ1) is 17.9. The second-order valence-corrected chi connectivity index (χ2v) is 5.95. The number of hydrogen-bond donors (Lipinski definition) is 0. The van der Waals surface area contributed by atoms with E-state index in [1.165, 1.54) is 26.4 Å². The Morgan fingerprint density at radius 2 is 1.75 bits per heavy atom. The van der Waals surface area contributed by atoms with Crippen LogP contribution in [0.25, 0.3) is 5.57 Å². The van der Waals surface area contributed by atoms with Crippen LogP contribution >= 0.6 is 0 Å². The lowest BCUT2D eigenvalue weighted by molar-refractivity contribution is -0.168. The van der Waals surface area contributed by atoms with Crippen LogP contribution in [0.15, 0.2) is 42.5 Å². The van der Waals surface area contributed by atoms with Gasteiger partial charge in [-0.15, -0.1) is 6.58 Å². The molecule has 1 aliphatic rings. The predicted octanol–water partition coefficient (Wildman–Crippen LogP) is 3.53. The molecule has 0 heterocycles. The fraction of sp³-hybridized carbons (Fsp3) is 0.368. The summed E-state index contributed by atoms with van der Waals surface area (Å²) in [6.45, 7) is 5.71. The summed E-state index contributed by atoms with van der Waals surface area (Å²) in [7, 11) is 2.51. The maximum Gasteiger partial charge on any atom is 0.323 e. The lowest BCUT2D eigenvalue weighted by atomic mass is 9.85. The van der Waals surface area contributed by atoms with Crippen LogP contribution in [0.3, 0.4) is 0 Å². The second-order valence-electron chi connectivity index (χ2n) is 5.95. The Balaban J connectivity index is 2.52. The van der Waals surface area contributed by atoms with E-state index in [-0.39, 0.29) is 24.6 Å². The topological polar surface area (TPSA) is 52.6 Å². The third-order valence-electron chi connectivity index (χ3n) is 4.70. The number of carbonyl (C=O) groups excluding carboxylic acids is 2. The van der Waals surface area contributed by atoms with E-state index in [2.05, 4.69) is 6.58 Å². The number of esters is 2. The molecule has 1 aromatic carbocycles. The molecule has 1 fully saturated rings. The van der Waals surface area contributed by atoms with E-state index in [0.29, 0.717) is 0 Å². The molecule has 0 aromatic heterocycles. The zero-order valence-corrected chi connectivity index (χ0v) is 14.1. The summed E-state index contributed by atoms with van der Waals surface area (Å²) < 4.78 is 22.9. The van der Waals surface area contributed by atoms with Crippen LogP contribution < -0.4 is 0 Å². The van der Waals surface area contributed by atoms with Crippen LogP contribution in [-0.4, -0.2) is 26.2 Å². The van der Waals surface area contributed by atoms with Gasteiger partial charge in [-0.05, 0) is 49.0 Å². The molecule has 0 bridgehead atoms. The lowest BCUT2D eigenvalue weighted by Crippen LogP contribution is -2.39. The molecule has 1 saturated carbocycles. The summed E-state index contributed by atoms with van der Waals surface area (Å²) in [5.74, 6) is -1.69. The van der Waals surface area contributed by atoms with Crippen molar-refractivity contribution in [3.63, 3.8) is 0 Å². The summed E-state index contributed by atoms with van der Waals surface area (Å²) in [4.78, 5) is 24.6. The minimum Gasteiger partial charge on any atom is -0.468 e. The quantitative estimate of drug-likeness (QED) is 0.481. The number of ether oxygens (including phenoxy) is 2. The van der Waals surface area contributed by atoms with Gasteiger partial charge in [0.05, 0.1) is 14.2 Å². The van der Waals surface area contributed by atoms with Crippen molar-refractivity contribution >= 4 is 17.5 Å². The van der Waals surface area contributed by atoms with Crippen molar-refractivity contribution in [1.82, 2.24) is 0 Å². The number of methoxy groups -OCH3 is 2. The van der Waals surface area contributed by atoms with Gasteiger partial charge >= 0.3 is 11.9 Å². The zero-order chi connectivity index (χ0) is 17.9. The van der Waals surface area contributed by atoms with E-state index < -0.39 is 17.4 Å². The van der Waals surface area contributed by atoms with Gasteiger partial charge < -0.3 is 9.47 Å². The van der Waals surface area contributed by atoms with Crippen molar-refractivity contribution in [2.45, 2.75) is 19.8 Å². The highest BCUT2D eigenvalue weighted by molar-refractivity contribution is 6.01. The normalized spacial score (nSPS) is 21.1. The summed E-state index contributed by atoms with van der Waals surface area (Å²) in [6.07, 6.45) is 2.17. The summed E-state index contributed by atoms with van der Waals surface area (Å²) in [6, 6.07) is 6.11. The molecule has 24 heavy (non-hydrogen) atoms. The average molecular weight is 332 g/mol. The van der Waals surface area contributed by atoms with Crippen LogP contribution in [0.1, 0.15) is 25.3 Å². The molecule has 0 N–H and O–H groups in total. The highest BCUT2D eigenvalue weighted by Gasteiger charge is 2.55. The van der Waals surface area contributed by atoms with Crippen LogP contribution in [-0.2, 0) is 19.1 Å². The zero-order valence-electron chi connectivity index (χ0n) is 14.1. The van der Waals surface area contributed by atoms with Gasteiger partial charge in [-0.1, -0.05) is 23.8 Å². The van der Waals surface area contributed by atoms with Crippen molar-refractivity contribution in [3.8, 4) is 0 Å². The van der Waals surface area contributed by atoms with Crippen LogP contribution in [0.5, 0.6) is 0 Å². The predicted molar refractivity (Wildman–Crippen MR) is 88.4 cm³/mol. The Hall–Kier alpha value is -2.43. The number of hydrogen-bond acceptors (Lipinski definition) is 4. The van der Waals surface area contributed by atoms with Crippen molar-refractivity contribution in [1.29, 1.82) is 0 Å². The minimum atomic E-state index is -1.36. The molecule has 4 nitrogen and oxygen atoms in total. The molecule has 0 spiro atoms.